The second kappa shape index (κ2) is 9.28. The SMILES string of the molecule is CC(=O)N1CCN(CC2=C(c3ccc(Cl)cc3)NC3C=CC(N4CCCCS4(=O)=O)=CN23)CC1. The van der Waals surface area contributed by atoms with Crippen molar-refractivity contribution in [3.05, 3.63) is 64.6 Å². The van der Waals surface area contributed by atoms with Crippen molar-refractivity contribution >= 4 is 33.2 Å². The van der Waals surface area contributed by atoms with E-state index in [9.17, 15) is 13.2 Å². The largest absolute Gasteiger partial charge is 0.360 e. The highest BCUT2D eigenvalue weighted by Crippen LogP contribution is 2.34. The number of sulfonamides is 1. The number of nitrogens with one attached hydrogen (secondary N) is 1. The highest BCUT2D eigenvalue weighted by molar-refractivity contribution is 7.89. The van der Waals surface area contributed by atoms with E-state index in [0.29, 0.717) is 43.3 Å². The molecule has 182 valence electrons. The van der Waals surface area contributed by atoms with Crippen molar-refractivity contribution in [2.45, 2.75) is 25.9 Å². The fourth-order valence-corrected chi connectivity index (χ4v) is 6.71. The van der Waals surface area contributed by atoms with Crippen LogP contribution in [0.3, 0.4) is 0 Å². The van der Waals surface area contributed by atoms with Crippen molar-refractivity contribution in [3.63, 3.8) is 0 Å². The lowest BCUT2D eigenvalue weighted by molar-refractivity contribution is -0.130. The third-order valence-corrected chi connectivity index (χ3v) is 9.00. The van der Waals surface area contributed by atoms with Crippen LogP contribution < -0.4 is 5.32 Å². The predicted molar refractivity (Wildman–Crippen MR) is 133 cm³/mol. The zero-order valence-corrected chi connectivity index (χ0v) is 20.9. The van der Waals surface area contributed by atoms with E-state index in [-0.39, 0.29) is 17.8 Å². The Bertz CT molecular complexity index is 1150. The van der Waals surface area contributed by atoms with Gasteiger partial charge in [0.05, 0.1) is 22.8 Å². The summed E-state index contributed by atoms with van der Waals surface area (Å²) in [4.78, 5) is 18.1. The van der Waals surface area contributed by atoms with Gasteiger partial charge in [-0.1, -0.05) is 23.7 Å². The van der Waals surface area contributed by atoms with Gasteiger partial charge in [0.15, 0.2) is 0 Å². The normalized spacial score (nSPS) is 24.7. The molecule has 4 aliphatic rings. The zero-order valence-electron chi connectivity index (χ0n) is 19.3. The smallest absolute Gasteiger partial charge is 0.235 e. The summed E-state index contributed by atoms with van der Waals surface area (Å²) in [5, 5.41) is 4.29. The number of fused-ring (bicyclic) bond motifs is 1. The summed E-state index contributed by atoms with van der Waals surface area (Å²) in [7, 11) is -3.29. The van der Waals surface area contributed by atoms with Gasteiger partial charge in [-0.25, -0.2) is 8.42 Å². The number of halogens is 1. The van der Waals surface area contributed by atoms with E-state index in [1.807, 2.05) is 47.5 Å². The molecule has 0 aromatic heterocycles. The standard InChI is InChI=1S/C24H30ClN5O3S/c1-18(31)28-13-11-27(12-14-28)17-22-24(19-4-6-20(25)7-5-19)26-23-9-8-21(16-29(22)23)30-10-2-3-15-34(30,32)33/h4-9,16,23,26H,2-3,10-15,17H2,1H3. The number of hydrogen-bond donors (Lipinski definition) is 1. The number of allylic oxidation sites excluding steroid dienone is 1. The summed E-state index contributed by atoms with van der Waals surface area (Å²) in [5.74, 6) is 0.304. The molecule has 2 fully saturated rings. The van der Waals surface area contributed by atoms with Crippen LogP contribution >= 0.6 is 11.6 Å². The summed E-state index contributed by atoms with van der Waals surface area (Å²) < 4.78 is 27.0. The van der Waals surface area contributed by atoms with Crippen LogP contribution in [0.15, 0.2) is 54.0 Å². The van der Waals surface area contributed by atoms with Crippen molar-refractivity contribution in [2.24, 2.45) is 0 Å². The van der Waals surface area contributed by atoms with E-state index in [1.165, 1.54) is 0 Å². The number of piperazine rings is 1. The molecular weight excluding hydrogens is 474 g/mol. The first kappa shape index (κ1) is 23.3. The lowest BCUT2D eigenvalue weighted by atomic mass is 10.1. The Morgan fingerprint density at radius 2 is 1.82 bits per heavy atom. The summed E-state index contributed by atoms with van der Waals surface area (Å²) in [5.41, 5.74) is 3.83. The molecule has 1 aromatic carbocycles. The molecule has 4 aliphatic heterocycles. The summed E-state index contributed by atoms with van der Waals surface area (Å²) in [6.07, 6.45) is 7.38. The van der Waals surface area contributed by atoms with E-state index >= 15 is 0 Å². The van der Waals surface area contributed by atoms with E-state index in [2.05, 4.69) is 15.1 Å². The Kier molecular flexibility index (Phi) is 6.35. The molecule has 0 aliphatic carbocycles. The van der Waals surface area contributed by atoms with Crippen LogP contribution in [0.5, 0.6) is 0 Å². The lowest BCUT2D eigenvalue weighted by Crippen LogP contribution is -2.49. The first-order valence-electron chi connectivity index (χ1n) is 11.7. The molecular formula is C24H30ClN5O3S. The van der Waals surface area contributed by atoms with Gasteiger partial charge in [-0.2, -0.15) is 0 Å². The van der Waals surface area contributed by atoms with E-state index in [4.69, 9.17) is 11.6 Å². The Hall–Kier alpha value is -2.49. The fourth-order valence-electron chi connectivity index (χ4n) is 4.96. The molecule has 10 heteroatoms. The van der Waals surface area contributed by atoms with Crippen LogP contribution in [0.2, 0.25) is 5.02 Å². The van der Waals surface area contributed by atoms with E-state index < -0.39 is 10.0 Å². The molecule has 1 amide bonds. The van der Waals surface area contributed by atoms with Crippen molar-refractivity contribution in [1.29, 1.82) is 0 Å². The van der Waals surface area contributed by atoms with Gasteiger partial charge in [-0.05, 0) is 42.7 Å². The summed E-state index contributed by atoms with van der Waals surface area (Å²) in [6.45, 7) is 5.83. The molecule has 0 spiro atoms. The Morgan fingerprint density at radius 1 is 1.09 bits per heavy atom. The topological polar surface area (TPSA) is 76.2 Å². The Balaban J connectivity index is 1.46. The number of benzene rings is 1. The van der Waals surface area contributed by atoms with Gasteiger partial charge in [0.1, 0.15) is 6.17 Å². The first-order chi connectivity index (χ1) is 16.3. The number of carbonyl (C=O) groups is 1. The van der Waals surface area contributed by atoms with Gasteiger partial charge in [-0.3, -0.25) is 14.0 Å². The third kappa shape index (κ3) is 4.56. The number of amides is 1. The van der Waals surface area contributed by atoms with Crippen molar-refractivity contribution in [1.82, 2.24) is 24.3 Å². The lowest BCUT2D eigenvalue weighted by Gasteiger charge is -2.37. The molecule has 1 unspecified atom stereocenters. The molecule has 1 atom stereocenters. The molecule has 1 aromatic rings. The van der Waals surface area contributed by atoms with Crippen molar-refractivity contribution in [3.8, 4) is 0 Å². The van der Waals surface area contributed by atoms with E-state index in [0.717, 1.165) is 36.5 Å². The molecule has 0 radical (unpaired) electrons. The maximum absolute atomic E-state index is 12.7. The number of nitrogens with zero attached hydrogens (tertiary/aromatic N) is 4. The predicted octanol–water partition coefficient (Wildman–Crippen LogP) is 2.24. The third-order valence-electron chi connectivity index (χ3n) is 6.87. The molecule has 0 saturated carbocycles. The number of rotatable bonds is 4. The molecule has 1 N–H and O–H groups in total. The maximum Gasteiger partial charge on any atom is 0.235 e. The minimum atomic E-state index is -3.29. The highest BCUT2D eigenvalue weighted by Gasteiger charge is 2.35. The Labute approximate surface area is 206 Å². The molecule has 0 bridgehead atoms. The average molecular weight is 504 g/mol. The van der Waals surface area contributed by atoms with Crippen LogP contribution in [0.1, 0.15) is 25.3 Å². The fraction of sp³-hybridized carbons (Fsp3) is 0.458. The minimum absolute atomic E-state index is 0.0876. The quantitative estimate of drug-likeness (QED) is 0.679. The van der Waals surface area contributed by atoms with Crippen molar-refractivity contribution in [2.75, 3.05) is 45.0 Å². The monoisotopic (exact) mass is 503 g/mol. The minimum Gasteiger partial charge on any atom is -0.360 e. The van der Waals surface area contributed by atoms with E-state index in [1.54, 1.807) is 11.2 Å². The van der Waals surface area contributed by atoms with Crippen molar-refractivity contribution < 1.29 is 13.2 Å². The van der Waals surface area contributed by atoms with Crippen LogP contribution in [-0.4, -0.2) is 84.5 Å². The molecule has 5 rings (SSSR count). The van der Waals surface area contributed by atoms with Gasteiger partial charge in [0.25, 0.3) is 0 Å². The van der Waals surface area contributed by atoms with Gasteiger partial charge >= 0.3 is 0 Å². The first-order valence-corrected chi connectivity index (χ1v) is 13.7. The summed E-state index contributed by atoms with van der Waals surface area (Å²) in [6, 6.07) is 7.76. The molecule has 34 heavy (non-hydrogen) atoms. The van der Waals surface area contributed by atoms with Crippen LogP contribution in [-0.2, 0) is 14.8 Å². The van der Waals surface area contributed by atoms with Gasteiger partial charge in [0.2, 0.25) is 15.9 Å². The van der Waals surface area contributed by atoms with Crippen LogP contribution in [0.4, 0.5) is 0 Å². The zero-order chi connectivity index (χ0) is 23.9. The number of hydrogen-bond acceptors (Lipinski definition) is 6. The molecule has 4 heterocycles. The van der Waals surface area contributed by atoms with Gasteiger partial charge < -0.3 is 15.1 Å². The molecule has 8 nitrogen and oxygen atoms in total. The maximum atomic E-state index is 12.7. The summed E-state index contributed by atoms with van der Waals surface area (Å²) >= 11 is 6.13. The van der Waals surface area contributed by atoms with Gasteiger partial charge in [-0.15, -0.1) is 0 Å². The second-order valence-corrected chi connectivity index (χ2v) is 11.6. The highest BCUT2D eigenvalue weighted by atomic mass is 35.5. The van der Waals surface area contributed by atoms with Gasteiger partial charge in [0, 0.05) is 57.4 Å². The molecule has 2 saturated heterocycles. The second-order valence-electron chi connectivity index (χ2n) is 9.12. The average Bonchev–Trinajstić information content (AvgIpc) is 3.17. The van der Waals surface area contributed by atoms with Crippen LogP contribution in [0.25, 0.3) is 5.70 Å². The van der Waals surface area contributed by atoms with Crippen LogP contribution in [0, 0.1) is 0 Å². The number of carbonyl (C=O) groups excluding carboxylic acids is 1. The Morgan fingerprint density at radius 3 is 2.50 bits per heavy atom.